The summed E-state index contributed by atoms with van der Waals surface area (Å²) in [6.07, 6.45) is -17.3. The summed E-state index contributed by atoms with van der Waals surface area (Å²) < 4.78 is 136. The van der Waals surface area contributed by atoms with Crippen molar-refractivity contribution in [3.05, 3.63) is 94.8 Å². The van der Waals surface area contributed by atoms with E-state index in [4.69, 9.17) is 4.74 Å². The maximum absolute atomic E-state index is 14.4. The van der Waals surface area contributed by atoms with E-state index in [1.165, 1.54) is 36.4 Å². The van der Waals surface area contributed by atoms with Crippen LogP contribution in [0.4, 0.5) is 49.6 Å². The van der Waals surface area contributed by atoms with Crippen LogP contribution in [-0.2, 0) is 25.5 Å². The van der Waals surface area contributed by atoms with E-state index in [0.717, 1.165) is 23.1 Å². The fourth-order valence-electron chi connectivity index (χ4n) is 3.41. The first-order valence-corrected chi connectivity index (χ1v) is 10.8. The van der Waals surface area contributed by atoms with E-state index in [1.807, 2.05) is 0 Å². The van der Waals surface area contributed by atoms with E-state index in [2.05, 4.69) is 0 Å². The predicted octanol–water partition coefficient (Wildman–Crippen LogP) is 7.37. The third kappa shape index (κ3) is 7.76. The van der Waals surface area contributed by atoms with Gasteiger partial charge in [0, 0.05) is 23.9 Å². The van der Waals surface area contributed by atoms with E-state index in [-0.39, 0.29) is 35.2 Å². The zero-order chi connectivity index (χ0) is 28.3. The average molecular weight is 555 g/mol. The molecule has 0 aliphatic carbocycles. The highest BCUT2D eigenvalue weighted by Gasteiger charge is 2.39. The van der Waals surface area contributed by atoms with Crippen molar-refractivity contribution < 1.29 is 53.7 Å². The maximum atomic E-state index is 14.4. The molecule has 0 amide bonds. The van der Waals surface area contributed by atoms with Crippen molar-refractivity contribution in [2.75, 3.05) is 11.4 Å². The van der Waals surface area contributed by atoms with Crippen LogP contribution in [0.1, 0.15) is 22.3 Å². The standard InChI is InChI=1S/C25H19F10NO2/c26-21-10-18(24(30,31)32)8-7-16(21)12-36(13-22(37)25(33,34)35)19-5-2-6-20(11-19)38-14-15-3-1-4-17(9-15)23(27,28)29/h1-11,22,37H,12-14H2. The van der Waals surface area contributed by atoms with Gasteiger partial charge in [0.2, 0.25) is 0 Å². The zero-order valence-electron chi connectivity index (χ0n) is 19.1. The predicted molar refractivity (Wildman–Crippen MR) is 117 cm³/mol. The summed E-state index contributed by atoms with van der Waals surface area (Å²) in [4.78, 5) is 0.890. The first kappa shape index (κ1) is 29.1. The van der Waals surface area contributed by atoms with Crippen LogP contribution in [0.2, 0.25) is 0 Å². The second-order valence-electron chi connectivity index (χ2n) is 8.23. The van der Waals surface area contributed by atoms with Gasteiger partial charge in [-0.15, -0.1) is 0 Å². The van der Waals surface area contributed by atoms with Gasteiger partial charge < -0.3 is 14.7 Å². The summed E-state index contributed by atoms with van der Waals surface area (Å²) in [7, 11) is 0. The smallest absolute Gasteiger partial charge is 0.416 e. The van der Waals surface area contributed by atoms with Crippen molar-refractivity contribution in [2.24, 2.45) is 0 Å². The van der Waals surface area contributed by atoms with Crippen LogP contribution in [0, 0.1) is 5.82 Å². The summed E-state index contributed by atoms with van der Waals surface area (Å²) in [6.45, 7) is -2.07. The molecule has 1 atom stereocenters. The molecule has 0 saturated heterocycles. The third-order valence-electron chi connectivity index (χ3n) is 5.36. The number of alkyl halides is 9. The first-order valence-electron chi connectivity index (χ1n) is 10.8. The molecule has 0 fully saturated rings. The summed E-state index contributed by atoms with van der Waals surface area (Å²) >= 11 is 0. The highest BCUT2D eigenvalue weighted by atomic mass is 19.4. The molecule has 0 radical (unpaired) electrons. The Hall–Kier alpha value is -3.48. The molecule has 1 N–H and O–H groups in total. The van der Waals surface area contributed by atoms with E-state index >= 15 is 0 Å². The van der Waals surface area contributed by atoms with Crippen LogP contribution >= 0.6 is 0 Å². The minimum atomic E-state index is -5.05. The fourth-order valence-corrected chi connectivity index (χ4v) is 3.41. The first-order chi connectivity index (χ1) is 17.5. The van der Waals surface area contributed by atoms with Gasteiger partial charge in [0.25, 0.3) is 0 Å². The third-order valence-corrected chi connectivity index (χ3v) is 5.36. The van der Waals surface area contributed by atoms with Crippen molar-refractivity contribution in [1.82, 2.24) is 0 Å². The Labute approximate surface area is 209 Å². The van der Waals surface area contributed by atoms with Crippen molar-refractivity contribution in [2.45, 2.75) is 37.8 Å². The Balaban J connectivity index is 1.86. The lowest BCUT2D eigenvalue weighted by Crippen LogP contribution is -2.41. The quantitative estimate of drug-likeness (QED) is 0.295. The monoisotopic (exact) mass is 555 g/mol. The van der Waals surface area contributed by atoms with Gasteiger partial charge in [-0.05, 0) is 42.0 Å². The Morgan fingerprint density at radius 3 is 2.00 bits per heavy atom. The van der Waals surface area contributed by atoms with Crippen LogP contribution in [-0.4, -0.2) is 23.9 Å². The number of hydrogen-bond acceptors (Lipinski definition) is 3. The minimum Gasteiger partial charge on any atom is -0.489 e. The SMILES string of the molecule is OC(CN(Cc1ccc(C(F)(F)F)cc1F)c1cccc(OCc2cccc(C(F)(F)F)c2)c1)C(F)(F)F. The normalized spacial score (nSPS) is 13.3. The number of rotatable bonds is 8. The summed E-state index contributed by atoms with van der Waals surface area (Å²) in [5.74, 6) is -1.29. The molecule has 0 heterocycles. The van der Waals surface area contributed by atoms with Crippen molar-refractivity contribution in [3.63, 3.8) is 0 Å². The van der Waals surface area contributed by atoms with Gasteiger partial charge >= 0.3 is 18.5 Å². The molecule has 0 aliphatic heterocycles. The number of halogens is 10. The van der Waals surface area contributed by atoms with Crippen LogP contribution in [0.25, 0.3) is 0 Å². The minimum absolute atomic E-state index is 0.0193. The average Bonchev–Trinajstić information content (AvgIpc) is 2.82. The lowest BCUT2D eigenvalue weighted by atomic mass is 10.1. The van der Waals surface area contributed by atoms with Gasteiger partial charge in [0.1, 0.15) is 18.2 Å². The summed E-state index contributed by atoms with van der Waals surface area (Å²) in [5.41, 5.74) is -2.43. The van der Waals surface area contributed by atoms with Crippen LogP contribution < -0.4 is 9.64 Å². The second-order valence-corrected chi connectivity index (χ2v) is 8.23. The fraction of sp³-hybridized carbons (Fsp3) is 0.280. The molecular formula is C25H19F10NO2. The van der Waals surface area contributed by atoms with Gasteiger partial charge in [-0.25, -0.2) is 4.39 Å². The molecule has 206 valence electrons. The molecule has 38 heavy (non-hydrogen) atoms. The molecule has 3 nitrogen and oxygen atoms in total. The van der Waals surface area contributed by atoms with Crippen molar-refractivity contribution in [3.8, 4) is 5.75 Å². The van der Waals surface area contributed by atoms with E-state index in [0.29, 0.717) is 6.07 Å². The number of benzene rings is 3. The van der Waals surface area contributed by atoms with Gasteiger partial charge in [-0.1, -0.05) is 24.3 Å². The maximum Gasteiger partial charge on any atom is 0.416 e. The Morgan fingerprint density at radius 1 is 0.763 bits per heavy atom. The van der Waals surface area contributed by atoms with Crippen LogP contribution in [0.5, 0.6) is 5.75 Å². The molecule has 0 aromatic heterocycles. The van der Waals surface area contributed by atoms with E-state index in [9.17, 15) is 49.0 Å². The number of anilines is 1. The Kier molecular flexibility index (Phi) is 8.49. The van der Waals surface area contributed by atoms with E-state index in [1.54, 1.807) is 0 Å². The number of nitrogens with zero attached hydrogens (tertiary/aromatic N) is 1. The summed E-state index contributed by atoms with van der Waals surface area (Å²) in [5, 5.41) is 9.60. The molecule has 0 spiro atoms. The topological polar surface area (TPSA) is 32.7 Å². The molecule has 0 aliphatic rings. The number of aliphatic hydroxyl groups excluding tert-OH is 1. The number of aliphatic hydroxyl groups is 1. The second kappa shape index (κ2) is 11.1. The lowest BCUT2D eigenvalue weighted by Gasteiger charge is -2.29. The van der Waals surface area contributed by atoms with Gasteiger partial charge in [0.15, 0.2) is 6.10 Å². The highest BCUT2D eigenvalue weighted by molar-refractivity contribution is 5.51. The van der Waals surface area contributed by atoms with E-state index < -0.39 is 54.7 Å². The Morgan fingerprint density at radius 2 is 1.39 bits per heavy atom. The summed E-state index contributed by atoms with van der Waals surface area (Å²) in [6, 6.07) is 11.1. The molecule has 13 heteroatoms. The molecule has 3 rings (SSSR count). The molecular weight excluding hydrogens is 536 g/mol. The number of ether oxygens (including phenoxy) is 1. The molecule has 0 saturated carbocycles. The van der Waals surface area contributed by atoms with Gasteiger partial charge in [-0.3, -0.25) is 0 Å². The zero-order valence-corrected chi connectivity index (χ0v) is 19.1. The number of hydrogen-bond donors (Lipinski definition) is 1. The van der Waals surface area contributed by atoms with Gasteiger partial charge in [0.05, 0.1) is 17.7 Å². The van der Waals surface area contributed by atoms with Crippen LogP contribution in [0.3, 0.4) is 0 Å². The molecule has 1 unspecified atom stereocenters. The molecule has 3 aromatic rings. The van der Waals surface area contributed by atoms with Crippen molar-refractivity contribution >= 4 is 5.69 Å². The molecule has 3 aromatic carbocycles. The molecule has 0 bridgehead atoms. The largest absolute Gasteiger partial charge is 0.489 e. The lowest BCUT2D eigenvalue weighted by molar-refractivity contribution is -0.200. The van der Waals surface area contributed by atoms with Gasteiger partial charge in [-0.2, -0.15) is 39.5 Å². The Bertz CT molecular complexity index is 1240. The highest BCUT2D eigenvalue weighted by Crippen LogP contribution is 2.33. The van der Waals surface area contributed by atoms with Crippen LogP contribution in [0.15, 0.2) is 66.7 Å². The van der Waals surface area contributed by atoms with Crippen molar-refractivity contribution in [1.29, 1.82) is 0 Å².